The van der Waals surface area contributed by atoms with Crippen molar-refractivity contribution >= 4 is 23.3 Å². The summed E-state index contributed by atoms with van der Waals surface area (Å²) in [6.45, 7) is 2.77. The highest BCUT2D eigenvalue weighted by Gasteiger charge is 2.28. The molecule has 4 heterocycles. The molecule has 1 saturated heterocycles. The molecule has 1 fully saturated rings. The average Bonchev–Trinajstić information content (AvgIpc) is 3.05. The summed E-state index contributed by atoms with van der Waals surface area (Å²) in [5.41, 5.74) is 1.19. The van der Waals surface area contributed by atoms with E-state index < -0.39 is 0 Å². The van der Waals surface area contributed by atoms with Gasteiger partial charge in [0, 0.05) is 31.4 Å². The number of nitrogens with zero attached hydrogens (tertiary/aromatic N) is 5. The summed E-state index contributed by atoms with van der Waals surface area (Å²) in [5.74, 6) is 0.116. The van der Waals surface area contributed by atoms with Crippen molar-refractivity contribution in [3.8, 4) is 0 Å². The van der Waals surface area contributed by atoms with Crippen molar-refractivity contribution in [2.45, 2.75) is 26.3 Å². The molecule has 9 nitrogen and oxygen atoms in total. The van der Waals surface area contributed by atoms with Crippen LogP contribution < -0.4 is 11.0 Å². The molecule has 0 spiro atoms. The molecule has 3 aromatic rings. The van der Waals surface area contributed by atoms with Crippen LogP contribution >= 0.6 is 0 Å². The van der Waals surface area contributed by atoms with E-state index in [1.54, 1.807) is 41.6 Å². The van der Waals surface area contributed by atoms with E-state index in [0.29, 0.717) is 37.4 Å². The number of carbonyl (C=O) groups is 2. The molecule has 150 valence electrons. The number of fused-ring (bicyclic) bond motifs is 1. The van der Waals surface area contributed by atoms with E-state index in [2.05, 4.69) is 15.4 Å². The predicted molar refractivity (Wildman–Crippen MR) is 106 cm³/mol. The van der Waals surface area contributed by atoms with Gasteiger partial charge in [-0.15, -0.1) is 5.10 Å². The number of hydrogen-bond donors (Lipinski definition) is 1. The molecular formula is C20H22N6O3. The van der Waals surface area contributed by atoms with Crippen LogP contribution in [0, 0.1) is 12.8 Å². The molecule has 0 bridgehead atoms. The number of hydrogen-bond acceptors (Lipinski definition) is 5. The highest BCUT2D eigenvalue weighted by Crippen LogP contribution is 2.19. The third-order valence-corrected chi connectivity index (χ3v) is 5.15. The number of piperidine rings is 1. The minimum absolute atomic E-state index is 0.0787. The van der Waals surface area contributed by atoms with Gasteiger partial charge in [-0.25, -0.2) is 14.5 Å². The van der Waals surface area contributed by atoms with Gasteiger partial charge in [0.25, 0.3) is 0 Å². The molecule has 0 atom stereocenters. The van der Waals surface area contributed by atoms with Gasteiger partial charge in [-0.2, -0.15) is 0 Å². The van der Waals surface area contributed by atoms with Gasteiger partial charge in [-0.3, -0.25) is 14.0 Å². The fourth-order valence-corrected chi connectivity index (χ4v) is 3.46. The first-order chi connectivity index (χ1) is 14.0. The van der Waals surface area contributed by atoms with E-state index in [0.717, 1.165) is 5.56 Å². The van der Waals surface area contributed by atoms with Crippen molar-refractivity contribution in [3.05, 3.63) is 58.8 Å². The van der Waals surface area contributed by atoms with Crippen LogP contribution in [0.25, 0.3) is 5.65 Å². The second kappa shape index (κ2) is 7.86. The molecule has 1 aliphatic rings. The molecule has 4 rings (SSSR count). The molecule has 1 N–H and O–H groups in total. The minimum Gasteiger partial charge on any atom is -0.341 e. The Hall–Kier alpha value is -3.49. The Morgan fingerprint density at radius 3 is 2.66 bits per heavy atom. The third-order valence-electron chi connectivity index (χ3n) is 5.15. The molecule has 9 heteroatoms. The maximum absolute atomic E-state index is 12.6. The van der Waals surface area contributed by atoms with Crippen LogP contribution in [0.3, 0.4) is 0 Å². The van der Waals surface area contributed by atoms with Crippen molar-refractivity contribution in [2.24, 2.45) is 5.92 Å². The van der Waals surface area contributed by atoms with Crippen LogP contribution in [0.1, 0.15) is 18.4 Å². The fraction of sp³-hybridized carbons (Fsp3) is 0.350. The molecule has 0 saturated carbocycles. The van der Waals surface area contributed by atoms with Gasteiger partial charge in [0.2, 0.25) is 11.8 Å². The second-order valence-electron chi connectivity index (χ2n) is 7.23. The summed E-state index contributed by atoms with van der Waals surface area (Å²) < 4.78 is 2.59. The summed E-state index contributed by atoms with van der Waals surface area (Å²) in [7, 11) is 0. The van der Waals surface area contributed by atoms with Gasteiger partial charge in [-0.1, -0.05) is 12.1 Å². The second-order valence-corrected chi connectivity index (χ2v) is 7.23. The van der Waals surface area contributed by atoms with Crippen LogP contribution in [-0.4, -0.2) is 49.0 Å². The van der Waals surface area contributed by atoms with E-state index >= 15 is 0 Å². The number of carbonyl (C=O) groups excluding carboxylic acids is 2. The number of anilines is 1. The smallest absolute Gasteiger partial charge is 0.341 e. The Balaban J connectivity index is 1.33. The fourth-order valence-electron chi connectivity index (χ4n) is 3.46. The van der Waals surface area contributed by atoms with Crippen molar-refractivity contribution in [2.75, 3.05) is 18.4 Å². The zero-order valence-electron chi connectivity index (χ0n) is 16.1. The Bertz CT molecular complexity index is 1090. The maximum Gasteiger partial charge on any atom is 0.350 e. The van der Waals surface area contributed by atoms with Crippen molar-refractivity contribution < 1.29 is 9.59 Å². The first kappa shape index (κ1) is 18.9. The van der Waals surface area contributed by atoms with Crippen LogP contribution in [-0.2, 0) is 16.1 Å². The van der Waals surface area contributed by atoms with Crippen molar-refractivity contribution in [3.63, 3.8) is 0 Å². The molecule has 0 aliphatic carbocycles. The summed E-state index contributed by atoms with van der Waals surface area (Å²) >= 11 is 0. The van der Waals surface area contributed by atoms with Gasteiger partial charge in [0.1, 0.15) is 12.4 Å². The number of nitrogens with one attached hydrogen (secondary N) is 1. The van der Waals surface area contributed by atoms with E-state index in [-0.39, 0.29) is 30.0 Å². The maximum atomic E-state index is 12.6. The van der Waals surface area contributed by atoms with E-state index in [9.17, 15) is 14.4 Å². The lowest BCUT2D eigenvalue weighted by Gasteiger charge is -2.31. The lowest BCUT2D eigenvalue weighted by atomic mass is 9.96. The van der Waals surface area contributed by atoms with Crippen LogP contribution in [0.4, 0.5) is 5.82 Å². The summed E-state index contributed by atoms with van der Waals surface area (Å²) in [4.78, 5) is 43.2. The molecule has 0 unspecified atom stereocenters. The standard InChI is InChI=1S/C20H22N6O3/c1-14-5-6-16(21-12-14)22-19(28)15-7-10-24(11-8-15)18(27)13-26-20(29)25-9-3-2-4-17(25)23-26/h2-6,9,12,15H,7-8,10-11,13H2,1H3,(H,21,22,28). The SMILES string of the molecule is Cc1ccc(NC(=O)C2CCN(C(=O)Cn3nc4ccccn4c3=O)CC2)nc1. The van der Waals surface area contributed by atoms with Crippen LogP contribution in [0.15, 0.2) is 47.5 Å². The Morgan fingerprint density at radius 1 is 1.17 bits per heavy atom. The predicted octanol–water partition coefficient (Wildman–Crippen LogP) is 1.08. The summed E-state index contributed by atoms with van der Waals surface area (Å²) in [6, 6.07) is 8.92. The highest BCUT2D eigenvalue weighted by atomic mass is 16.2. The summed E-state index contributed by atoms with van der Waals surface area (Å²) in [6.07, 6.45) is 4.48. The molecule has 0 radical (unpaired) electrons. The largest absolute Gasteiger partial charge is 0.350 e. The molecular weight excluding hydrogens is 372 g/mol. The van der Waals surface area contributed by atoms with Gasteiger partial charge in [0.15, 0.2) is 5.65 Å². The number of amides is 2. The zero-order chi connectivity index (χ0) is 20.4. The monoisotopic (exact) mass is 394 g/mol. The zero-order valence-corrected chi connectivity index (χ0v) is 16.1. The van der Waals surface area contributed by atoms with E-state index in [4.69, 9.17) is 0 Å². The number of aromatic nitrogens is 4. The summed E-state index contributed by atoms with van der Waals surface area (Å²) in [5, 5.41) is 7.03. The first-order valence-electron chi connectivity index (χ1n) is 9.57. The lowest BCUT2D eigenvalue weighted by molar-refractivity contribution is -0.135. The van der Waals surface area contributed by atoms with Crippen LogP contribution in [0.5, 0.6) is 0 Å². The number of aryl methyl sites for hydroxylation is 1. The van der Waals surface area contributed by atoms with Gasteiger partial charge >= 0.3 is 5.69 Å². The van der Waals surface area contributed by atoms with Crippen LogP contribution in [0.2, 0.25) is 0 Å². The van der Waals surface area contributed by atoms with Gasteiger partial charge < -0.3 is 10.2 Å². The normalized spacial score (nSPS) is 14.9. The molecule has 2 amide bonds. The Labute approximate surface area is 167 Å². The highest BCUT2D eigenvalue weighted by molar-refractivity contribution is 5.91. The minimum atomic E-state index is -0.339. The average molecular weight is 394 g/mol. The van der Waals surface area contributed by atoms with E-state index in [1.165, 1.54) is 9.08 Å². The quantitative estimate of drug-likeness (QED) is 0.713. The topological polar surface area (TPSA) is 102 Å². The van der Waals surface area contributed by atoms with Crippen molar-refractivity contribution in [1.82, 2.24) is 24.1 Å². The van der Waals surface area contributed by atoms with Crippen molar-refractivity contribution in [1.29, 1.82) is 0 Å². The third kappa shape index (κ3) is 4.03. The molecule has 3 aromatic heterocycles. The number of pyridine rings is 2. The number of likely N-dealkylation sites (tertiary alicyclic amines) is 1. The molecule has 29 heavy (non-hydrogen) atoms. The number of rotatable bonds is 4. The molecule has 0 aromatic carbocycles. The first-order valence-corrected chi connectivity index (χ1v) is 9.57. The Kier molecular flexibility index (Phi) is 5.11. The lowest BCUT2D eigenvalue weighted by Crippen LogP contribution is -2.43. The van der Waals surface area contributed by atoms with Gasteiger partial charge in [-0.05, 0) is 43.5 Å². The van der Waals surface area contributed by atoms with E-state index in [1.807, 2.05) is 13.0 Å². The van der Waals surface area contributed by atoms with Gasteiger partial charge in [0.05, 0.1) is 0 Å². The Morgan fingerprint density at radius 2 is 1.97 bits per heavy atom. The molecule has 1 aliphatic heterocycles.